The number of benzene rings is 4. The molecule has 0 atom stereocenters. The molecule has 0 aromatic heterocycles. The van der Waals surface area contributed by atoms with Crippen LogP contribution in [0.4, 0.5) is 16.2 Å². The number of hydrogen-bond acceptors (Lipinski definition) is 8. The van der Waals surface area contributed by atoms with Gasteiger partial charge >= 0.3 is 6.03 Å². The highest BCUT2D eigenvalue weighted by Gasteiger charge is 2.37. The number of nitrogens with one attached hydrogen (secondary N) is 1. The summed E-state index contributed by atoms with van der Waals surface area (Å²) in [4.78, 5) is 49.1. The lowest BCUT2D eigenvalue weighted by Crippen LogP contribution is -2.54. The molecule has 1 saturated heterocycles. The van der Waals surface area contributed by atoms with Crippen molar-refractivity contribution in [3.63, 3.8) is 0 Å². The van der Waals surface area contributed by atoms with Crippen molar-refractivity contribution >= 4 is 35.3 Å². The minimum Gasteiger partial charge on any atom is -0.490 e. The summed E-state index contributed by atoms with van der Waals surface area (Å²) in [6.07, 6.45) is 1.36. The van der Waals surface area contributed by atoms with Gasteiger partial charge in [-0.15, -0.1) is 0 Å². The van der Waals surface area contributed by atoms with Crippen molar-refractivity contribution in [2.24, 2.45) is 0 Å². The van der Waals surface area contributed by atoms with Gasteiger partial charge in [0, 0.05) is 12.1 Å². The lowest BCUT2D eigenvalue weighted by atomic mass is 10.1. The van der Waals surface area contributed by atoms with Crippen LogP contribution >= 0.6 is 0 Å². The van der Waals surface area contributed by atoms with E-state index in [1.54, 1.807) is 24.3 Å². The van der Waals surface area contributed by atoms with Crippen LogP contribution in [0.2, 0.25) is 0 Å². The Morgan fingerprint density at radius 2 is 1.50 bits per heavy atom. The van der Waals surface area contributed by atoms with E-state index < -0.39 is 22.8 Å². The maximum Gasteiger partial charge on any atom is 0.335 e. The van der Waals surface area contributed by atoms with Crippen LogP contribution in [0, 0.1) is 10.1 Å². The molecule has 4 aromatic rings. The van der Waals surface area contributed by atoms with Crippen molar-refractivity contribution in [2.75, 3.05) is 11.5 Å². The number of ether oxygens (including phenoxy) is 3. The van der Waals surface area contributed by atoms with Gasteiger partial charge in [-0.05, 0) is 66.1 Å². The monoisotopic (exact) mass is 593 g/mol. The molecule has 0 bridgehead atoms. The molecule has 0 saturated carbocycles. The zero-order valence-corrected chi connectivity index (χ0v) is 23.6. The third kappa shape index (κ3) is 6.90. The van der Waals surface area contributed by atoms with E-state index in [4.69, 9.17) is 14.2 Å². The van der Waals surface area contributed by atoms with Gasteiger partial charge in [-0.1, -0.05) is 48.5 Å². The van der Waals surface area contributed by atoms with Gasteiger partial charge in [0.1, 0.15) is 24.5 Å². The normalized spacial score (nSPS) is 13.9. The molecule has 222 valence electrons. The Morgan fingerprint density at radius 3 is 2.18 bits per heavy atom. The lowest BCUT2D eigenvalue weighted by molar-refractivity contribution is -0.384. The van der Waals surface area contributed by atoms with Crippen molar-refractivity contribution in [3.05, 3.63) is 129 Å². The van der Waals surface area contributed by atoms with Crippen LogP contribution in [-0.2, 0) is 22.8 Å². The van der Waals surface area contributed by atoms with Gasteiger partial charge in [0.25, 0.3) is 17.5 Å². The first-order valence-electron chi connectivity index (χ1n) is 13.6. The van der Waals surface area contributed by atoms with Crippen molar-refractivity contribution < 1.29 is 33.5 Å². The quantitative estimate of drug-likeness (QED) is 0.0994. The molecule has 1 aliphatic rings. The molecule has 1 fully saturated rings. The molecule has 0 unspecified atom stereocenters. The second kappa shape index (κ2) is 13.3. The van der Waals surface area contributed by atoms with Crippen molar-refractivity contribution in [3.8, 4) is 17.2 Å². The van der Waals surface area contributed by atoms with Crippen LogP contribution in [0.15, 0.2) is 103 Å². The SMILES string of the molecule is CCOc1cc(COc2ccc(/C=C3/C(=O)NC(=O)N(c4ccc([N+](=O)[O-])cc4)C3=O)cc2)ccc1OCc1ccccc1. The number of amides is 4. The van der Waals surface area contributed by atoms with Crippen LogP contribution in [0.25, 0.3) is 6.08 Å². The van der Waals surface area contributed by atoms with Crippen molar-refractivity contribution in [1.29, 1.82) is 0 Å². The summed E-state index contributed by atoms with van der Waals surface area (Å²) in [6, 6.07) is 26.1. The van der Waals surface area contributed by atoms with Crippen LogP contribution < -0.4 is 24.4 Å². The maximum atomic E-state index is 13.1. The first-order chi connectivity index (χ1) is 21.3. The number of hydrogen-bond donors (Lipinski definition) is 1. The summed E-state index contributed by atoms with van der Waals surface area (Å²) >= 11 is 0. The average molecular weight is 594 g/mol. The van der Waals surface area contributed by atoms with Gasteiger partial charge < -0.3 is 14.2 Å². The molecule has 0 radical (unpaired) electrons. The number of barbiturate groups is 1. The number of rotatable bonds is 11. The number of nitro groups is 1. The first-order valence-corrected chi connectivity index (χ1v) is 13.6. The van der Waals surface area contributed by atoms with E-state index in [1.807, 2.05) is 55.5 Å². The van der Waals surface area contributed by atoms with Gasteiger partial charge in [-0.25, -0.2) is 9.69 Å². The number of urea groups is 1. The van der Waals surface area contributed by atoms with Gasteiger partial charge in [-0.2, -0.15) is 0 Å². The minimum absolute atomic E-state index is 0.0866. The molecule has 1 N–H and O–H groups in total. The Kier molecular flexibility index (Phi) is 8.95. The highest BCUT2D eigenvalue weighted by atomic mass is 16.6. The molecule has 11 heteroatoms. The second-order valence-corrected chi connectivity index (χ2v) is 9.58. The molecule has 5 rings (SSSR count). The summed E-state index contributed by atoms with van der Waals surface area (Å²) in [5.41, 5.74) is 2.05. The predicted molar refractivity (Wildman–Crippen MR) is 161 cm³/mol. The highest BCUT2D eigenvalue weighted by molar-refractivity contribution is 6.39. The Labute approximate surface area is 252 Å². The van der Waals surface area contributed by atoms with E-state index in [2.05, 4.69) is 5.32 Å². The first kappa shape index (κ1) is 29.5. The minimum atomic E-state index is -0.946. The number of imide groups is 2. The molecular weight excluding hydrogens is 566 g/mol. The molecule has 4 aromatic carbocycles. The molecule has 0 spiro atoms. The summed E-state index contributed by atoms with van der Waals surface area (Å²) < 4.78 is 17.7. The van der Waals surface area contributed by atoms with E-state index in [9.17, 15) is 24.5 Å². The lowest BCUT2D eigenvalue weighted by Gasteiger charge is -2.26. The Bertz CT molecular complexity index is 1720. The fraction of sp³-hybridized carbons (Fsp3) is 0.121. The molecule has 0 aliphatic carbocycles. The summed E-state index contributed by atoms with van der Waals surface area (Å²) in [5, 5.41) is 13.1. The zero-order chi connectivity index (χ0) is 31.1. The van der Waals surface area contributed by atoms with E-state index in [0.29, 0.717) is 36.0 Å². The van der Waals surface area contributed by atoms with Crippen LogP contribution in [0.3, 0.4) is 0 Å². The van der Waals surface area contributed by atoms with E-state index >= 15 is 0 Å². The van der Waals surface area contributed by atoms with Crippen molar-refractivity contribution in [2.45, 2.75) is 20.1 Å². The topological polar surface area (TPSA) is 137 Å². The maximum absolute atomic E-state index is 13.1. The molecule has 1 heterocycles. The number of anilines is 1. The average Bonchev–Trinajstić information content (AvgIpc) is 3.03. The highest BCUT2D eigenvalue weighted by Crippen LogP contribution is 2.30. The Morgan fingerprint density at radius 1 is 0.795 bits per heavy atom. The second-order valence-electron chi connectivity index (χ2n) is 9.58. The molecular formula is C33H27N3O8. The number of carbonyl (C=O) groups excluding carboxylic acids is 3. The molecule has 4 amide bonds. The van der Waals surface area contributed by atoms with Gasteiger partial charge in [0.05, 0.1) is 17.2 Å². The predicted octanol–water partition coefficient (Wildman–Crippen LogP) is 5.82. The third-order valence-corrected chi connectivity index (χ3v) is 6.56. The van der Waals surface area contributed by atoms with Crippen molar-refractivity contribution in [1.82, 2.24) is 5.32 Å². The summed E-state index contributed by atoms with van der Waals surface area (Å²) in [6.45, 7) is 3.05. The van der Waals surface area contributed by atoms with E-state index in [1.165, 1.54) is 30.3 Å². The third-order valence-electron chi connectivity index (χ3n) is 6.56. The van der Waals surface area contributed by atoms with Gasteiger partial charge in [0.15, 0.2) is 11.5 Å². The summed E-state index contributed by atoms with van der Waals surface area (Å²) in [5.74, 6) is 0.0980. The summed E-state index contributed by atoms with van der Waals surface area (Å²) in [7, 11) is 0. The molecule has 11 nitrogen and oxygen atoms in total. The van der Waals surface area contributed by atoms with E-state index in [0.717, 1.165) is 16.0 Å². The van der Waals surface area contributed by atoms with Crippen LogP contribution in [0.5, 0.6) is 17.2 Å². The Hall–Kier alpha value is -5.97. The van der Waals surface area contributed by atoms with Gasteiger partial charge in [-0.3, -0.25) is 25.0 Å². The smallest absolute Gasteiger partial charge is 0.335 e. The number of non-ortho nitro benzene ring substituents is 1. The fourth-order valence-corrected chi connectivity index (χ4v) is 4.37. The number of nitrogens with zero attached hydrogens (tertiary/aromatic N) is 2. The standard InChI is InChI=1S/C33H27N3O8/c1-2-42-30-19-24(10-17-29(30)44-20-23-6-4-3-5-7-23)21-43-27-15-8-22(9-16-27)18-28-31(37)34-33(39)35(32(28)38)25-11-13-26(14-12-25)36(40)41/h3-19H,2,20-21H2,1H3,(H,34,37,39)/b28-18-. The molecule has 44 heavy (non-hydrogen) atoms. The van der Waals surface area contributed by atoms with E-state index in [-0.39, 0.29) is 23.6 Å². The largest absolute Gasteiger partial charge is 0.490 e. The number of carbonyl (C=O) groups is 3. The Balaban J connectivity index is 1.24. The van der Waals surface area contributed by atoms with Gasteiger partial charge in [0.2, 0.25) is 0 Å². The fourth-order valence-electron chi connectivity index (χ4n) is 4.37. The zero-order valence-electron chi connectivity index (χ0n) is 23.6. The number of nitro benzene ring substituents is 1. The molecule has 1 aliphatic heterocycles. The van der Waals surface area contributed by atoms with Crippen LogP contribution in [0.1, 0.15) is 23.6 Å². The van der Waals surface area contributed by atoms with Crippen LogP contribution in [-0.4, -0.2) is 29.4 Å².